The highest BCUT2D eigenvalue weighted by Gasteiger charge is 2.30. The van der Waals surface area contributed by atoms with E-state index in [0.717, 1.165) is 22.9 Å². The van der Waals surface area contributed by atoms with Gasteiger partial charge in [0.1, 0.15) is 11.5 Å². The molecule has 0 unspecified atom stereocenters. The van der Waals surface area contributed by atoms with Crippen LogP contribution in [0.1, 0.15) is 33.2 Å². The molecule has 2 heterocycles. The monoisotopic (exact) mass is 406 g/mol. The van der Waals surface area contributed by atoms with E-state index >= 15 is 0 Å². The van der Waals surface area contributed by atoms with E-state index in [1.165, 1.54) is 31.0 Å². The Bertz CT molecular complexity index is 1120. The van der Waals surface area contributed by atoms with Crippen LogP contribution in [0.25, 0.3) is 5.69 Å². The number of carbonyl (C=O) groups is 1. The van der Waals surface area contributed by atoms with E-state index in [2.05, 4.69) is 10.3 Å². The van der Waals surface area contributed by atoms with Crippen molar-refractivity contribution < 1.29 is 22.5 Å². The molecular weight excluding hydrogens is 389 g/mol. The summed E-state index contributed by atoms with van der Waals surface area (Å²) in [5.74, 6) is -0.113. The molecule has 1 aromatic carbocycles. The first-order valence-electron chi connectivity index (χ1n) is 8.52. The van der Waals surface area contributed by atoms with Crippen LogP contribution in [0.3, 0.4) is 0 Å². The second kappa shape index (κ2) is 7.53. The maximum Gasteiger partial charge on any atom is 0.416 e. The number of alkyl halides is 3. The Morgan fingerprint density at radius 1 is 1.21 bits per heavy atom. The fraction of sp³-hybridized carbons (Fsp3) is 0.263. The number of rotatable bonds is 4. The second-order valence-electron chi connectivity index (χ2n) is 6.55. The first-order chi connectivity index (χ1) is 13.6. The number of halogens is 3. The number of hydrogen-bond donors (Lipinski definition) is 0. The van der Waals surface area contributed by atoms with Crippen molar-refractivity contribution in [1.82, 2.24) is 19.8 Å². The number of carbonyl (C=O) groups excluding carboxylic acids is 1. The van der Waals surface area contributed by atoms with Gasteiger partial charge in [-0.1, -0.05) is 11.2 Å². The average Bonchev–Trinajstić information content (AvgIpc) is 3.05. The molecule has 0 spiro atoms. The molecule has 0 N–H and O–H groups in total. The molecule has 7 nitrogen and oxygen atoms in total. The van der Waals surface area contributed by atoms with Crippen LogP contribution < -0.4 is 5.43 Å². The highest BCUT2D eigenvalue weighted by molar-refractivity contribution is 5.91. The van der Waals surface area contributed by atoms with Gasteiger partial charge in [-0.25, -0.2) is 4.68 Å². The molecule has 3 aromatic rings. The molecule has 0 aliphatic carbocycles. The van der Waals surface area contributed by atoms with Crippen LogP contribution in [-0.4, -0.2) is 32.8 Å². The number of aromatic nitrogens is 3. The molecule has 0 fully saturated rings. The predicted octanol–water partition coefficient (Wildman–Crippen LogP) is 3.13. The van der Waals surface area contributed by atoms with E-state index in [1.807, 2.05) is 0 Å². The number of hydrogen-bond acceptors (Lipinski definition) is 5. The maximum atomic E-state index is 13.0. The Labute approximate surface area is 163 Å². The third-order valence-corrected chi connectivity index (χ3v) is 4.15. The van der Waals surface area contributed by atoms with Gasteiger partial charge in [-0.2, -0.15) is 18.3 Å². The van der Waals surface area contributed by atoms with Gasteiger partial charge >= 0.3 is 6.18 Å². The third kappa shape index (κ3) is 4.36. The minimum Gasteiger partial charge on any atom is -0.361 e. The van der Waals surface area contributed by atoms with Gasteiger partial charge in [0.05, 0.1) is 17.8 Å². The Hall–Kier alpha value is -3.43. The molecule has 0 bridgehead atoms. The van der Waals surface area contributed by atoms with Crippen molar-refractivity contribution in [3.05, 3.63) is 75.0 Å². The van der Waals surface area contributed by atoms with E-state index in [9.17, 15) is 22.8 Å². The topological polar surface area (TPSA) is 81.2 Å². The molecule has 0 saturated carbocycles. The van der Waals surface area contributed by atoms with Crippen molar-refractivity contribution in [3.63, 3.8) is 0 Å². The first kappa shape index (κ1) is 20.3. The van der Waals surface area contributed by atoms with Gasteiger partial charge in [-0.05, 0) is 32.0 Å². The smallest absolute Gasteiger partial charge is 0.361 e. The van der Waals surface area contributed by atoms with Crippen LogP contribution >= 0.6 is 0 Å². The molecule has 29 heavy (non-hydrogen) atoms. The first-order valence-corrected chi connectivity index (χ1v) is 8.52. The summed E-state index contributed by atoms with van der Waals surface area (Å²) in [6, 6.07) is 7.29. The van der Waals surface area contributed by atoms with Gasteiger partial charge in [-0.3, -0.25) is 9.59 Å². The fourth-order valence-electron chi connectivity index (χ4n) is 2.76. The van der Waals surface area contributed by atoms with E-state index in [-0.39, 0.29) is 12.2 Å². The number of amides is 1. The van der Waals surface area contributed by atoms with E-state index < -0.39 is 28.8 Å². The van der Waals surface area contributed by atoms with Gasteiger partial charge in [-0.15, -0.1) is 0 Å². The predicted molar refractivity (Wildman–Crippen MR) is 96.6 cm³/mol. The summed E-state index contributed by atoms with van der Waals surface area (Å²) in [5, 5.41) is 7.82. The van der Waals surface area contributed by atoms with Gasteiger partial charge < -0.3 is 9.42 Å². The van der Waals surface area contributed by atoms with Crippen molar-refractivity contribution in [2.75, 3.05) is 7.05 Å². The lowest BCUT2D eigenvalue weighted by Crippen LogP contribution is -2.33. The zero-order chi connectivity index (χ0) is 21.3. The Balaban J connectivity index is 1.97. The van der Waals surface area contributed by atoms with Crippen LogP contribution in [0.15, 0.2) is 45.7 Å². The Morgan fingerprint density at radius 3 is 2.55 bits per heavy atom. The van der Waals surface area contributed by atoms with Gasteiger partial charge in [0, 0.05) is 24.9 Å². The fourth-order valence-corrected chi connectivity index (χ4v) is 2.76. The number of nitrogens with zero attached hydrogens (tertiary/aromatic N) is 4. The largest absolute Gasteiger partial charge is 0.416 e. The molecular formula is C19H17F3N4O3. The normalized spacial score (nSPS) is 11.5. The summed E-state index contributed by atoms with van der Waals surface area (Å²) in [6.45, 7) is 3.30. The molecule has 0 radical (unpaired) electrons. The molecule has 10 heteroatoms. The van der Waals surface area contributed by atoms with E-state index in [4.69, 9.17) is 4.52 Å². The van der Waals surface area contributed by atoms with Crippen molar-refractivity contribution in [2.24, 2.45) is 0 Å². The quantitative estimate of drug-likeness (QED) is 0.665. The van der Waals surface area contributed by atoms with Gasteiger partial charge in [0.15, 0.2) is 5.69 Å². The van der Waals surface area contributed by atoms with Gasteiger partial charge in [0.25, 0.3) is 5.91 Å². The summed E-state index contributed by atoms with van der Waals surface area (Å²) < 4.78 is 45.1. The summed E-state index contributed by atoms with van der Waals surface area (Å²) in [4.78, 5) is 26.3. The van der Waals surface area contributed by atoms with Crippen molar-refractivity contribution >= 4 is 5.91 Å². The van der Waals surface area contributed by atoms with Crippen LogP contribution in [0.2, 0.25) is 0 Å². The SMILES string of the molecule is Cc1cc(CN(C)C(=O)c2nn(-c3cccc(C(F)(F)F)c3)c(C)cc2=O)no1. The lowest BCUT2D eigenvalue weighted by molar-refractivity contribution is -0.137. The van der Waals surface area contributed by atoms with Crippen molar-refractivity contribution in [1.29, 1.82) is 0 Å². The lowest BCUT2D eigenvalue weighted by Gasteiger charge is -2.17. The Morgan fingerprint density at radius 2 is 1.93 bits per heavy atom. The highest BCUT2D eigenvalue weighted by Crippen LogP contribution is 2.30. The molecule has 152 valence electrons. The number of aryl methyl sites for hydroxylation is 2. The summed E-state index contributed by atoms with van der Waals surface area (Å²) in [7, 11) is 1.46. The zero-order valence-corrected chi connectivity index (χ0v) is 15.8. The lowest BCUT2D eigenvalue weighted by atomic mass is 10.2. The maximum absolute atomic E-state index is 13.0. The van der Waals surface area contributed by atoms with E-state index in [1.54, 1.807) is 13.0 Å². The molecule has 2 aromatic heterocycles. The molecule has 0 aliphatic heterocycles. The van der Waals surface area contributed by atoms with Crippen LogP contribution in [0, 0.1) is 13.8 Å². The third-order valence-electron chi connectivity index (χ3n) is 4.15. The second-order valence-corrected chi connectivity index (χ2v) is 6.55. The van der Waals surface area contributed by atoms with Crippen LogP contribution in [0.5, 0.6) is 0 Å². The minimum atomic E-state index is -4.53. The summed E-state index contributed by atoms with van der Waals surface area (Å²) in [6.07, 6.45) is -4.53. The van der Waals surface area contributed by atoms with Gasteiger partial charge in [0.2, 0.25) is 5.43 Å². The molecule has 0 saturated heterocycles. The molecule has 3 rings (SSSR count). The molecule has 1 amide bonds. The van der Waals surface area contributed by atoms with Crippen LogP contribution in [-0.2, 0) is 12.7 Å². The van der Waals surface area contributed by atoms with E-state index in [0.29, 0.717) is 17.1 Å². The zero-order valence-electron chi connectivity index (χ0n) is 15.8. The van der Waals surface area contributed by atoms with Crippen molar-refractivity contribution in [2.45, 2.75) is 26.6 Å². The Kier molecular flexibility index (Phi) is 5.27. The minimum absolute atomic E-state index is 0.0781. The average molecular weight is 406 g/mol. The summed E-state index contributed by atoms with van der Waals surface area (Å²) in [5.41, 5.74) is -1.03. The molecule has 0 atom stereocenters. The highest BCUT2D eigenvalue weighted by atomic mass is 19.4. The van der Waals surface area contributed by atoms with Crippen molar-refractivity contribution in [3.8, 4) is 5.69 Å². The standard InChI is InChI=1S/C19H17F3N4O3/c1-11-7-16(27)17(18(28)25(3)10-14-8-12(2)29-24-14)23-26(11)15-6-4-5-13(9-15)19(20,21)22/h4-9H,10H2,1-3H3. The number of benzene rings is 1. The van der Waals surface area contributed by atoms with Crippen LogP contribution in [0.4, 0.5) is 13.2 Å². The molecule has 0 aliphatic rings. The summed E-state index contributed by atoms with van der Waals surface area (Å²) >= 11 is 0.